The molecule has 12 aromatic rings. The van der Waals surface area contributed by atoms with Gasteiger partial charge >= 0.3 is 0 Å². The van der Waals surface area contributed by atoms with E-state index in [9.17, 15) is 38.4 Å². The first-order valence-corrected chi connectivity index (χ1v) is 49.8. The molecule has 4 heterocycles. The van der Waals surface area contributed by atoms with Gasteiger partial charge in [-0.15, -0.1) is 0 Å². The summed E-state index contributed by atoms with van der Waals surface area (Å²) < 4.78 is 0. The van der Waals surface area contributed by atoms with Crippen LogP contribution < -0.4 is 42.5 Å². The summed E-state index contributed by atoms with van der Waals surface area (Å²) in [6.07, 6.45) is 8.35. The Bertz CT molecular complexity index is 6070. The fourth-order valence-corrected chi connectivity index (χ4v) is 15.9. The Morgan fingerprint density at radius 3 is 0.707 bits per heavy atom. The first-order valence-electron chi connectivity index (χ1n) is 48.3. The number of hydrogen-bond acceptors (Lipinski definition) is 12. The largest absolute Gasteiger partial charge is 0.326 e. The summed E-state index contributed by atoms with van der Waals surface area (Å²) in [5.41, 5.74) is 18.9. The average Bonchev–Trinajstić information content (AvgIpc) is 1.63. The number of rotatable bonds is 25. The van der Waals surface area contributed by atoms with Crippen molar-refractivity contribution >= 4 is 162 Å². The minimum atomic E-state index is -0.588. The molecule has 728 valence electrons. The average molecular weight is 1960 g/mol. The van der Waals surface area contributed by atoms with Crippen molar-refractivity contribution in [2.24, 2.45) is 25.4 Å². The van der Waals surface area contributed by atoms with Crippen molar-refractivity contribution in [3.05, 3.63) is 378 Å². The number of nitrogens with zero attached hydrogens (tertiary/aromatic N) is 4. The van der Waals surface area contributed by atoms with E-state index in [4.69, 9.17) is 66.4 Å². The number of fused-ring (bicyclic) bond motifs is 4. The zero-order valence-corrected chi connectivity index (χ0v) is 85.3. The summed E-state index contributed by atoms with van der Waals surface area (Å²) in [5, 5.41) is 26.0. The molecule has 0 fully saturated rings. The van der Waals surface area contributed by atoms with E-state index in [1.165, 1.54) is 0 Å². The van der Waals surface area contributed by atoms with Crippen molar-refractivity contribution in [1.82, 2.24) is 0 Å². The van der Waals surface area contributed by atoms with E-state index < -0.39 is 24.2 Å². The Balaban J connectivity index is 0.000000204. The van der Waals surface area contributed by atoms with E-state index in [1.54, 1.807) is 48.5 Å². The fourth-order valence-electron chi connectivity index (χ4n) is 15.2. The SMILES string of the molecule is CC.CC.CC.CC.CC(C)(C)CC(=O)Nc1ccc(C2=NC(Cc3ccccc3)C(=O)Nc3ccc(Cl)cc32)cc1.CCCC(=O)Nc1ccc(C2=NC(Cc3ccccc3)C(=O)Nc3ccc(Cl)cc32)cc1.CCCCC(=O)Nc1ccc(C2=NC(Cc3ccccc3)C(=O)Nc3ccc(Cl)cc32)cc1.CCCCC(=O)Nc1ccc(C2=NC(Cc3ccccc3)C(=O)Nc3ccc(Cl)cc32)cc1. The summed E-state index contributed by atoms with van der Waals surface area (Å²) in [6.45, 7) is 28.2. The molecule has 0 saturated heterocycles. The van der Waals surface area contributed by atoms with Crippen LogP contribution in [-0.4, -0.2) is 94.3 Å². The number of carbonyl (C=O) groups excluding carboxylic acids is 8. The number of aliphatic imine (C=N–C) groups is 4. The van der Waals surface area contributed by atoms with Gasteiger partial charge in [-0.3, -0.25) is 58.3 Å². The van der Waals surface area contributed by atoms with Gasteiger partial charge in [0.2, 0.25) is 47.3 Å². The monoisotopic (exact) mass is 1960 g/mol. The predicted octanol–water partition coefficient (Wildman–Crippen LogP) is 27.4. The highest BCUT2D eigenvalue weighted by Gasteiger charge is 2.32. The highest BCUT2D eigenvalue weighted by molar-refractivity contribution is 6.34. The molecule has 8 amide bonds. The Hall–Kier alpha value is -13.8. The molecule has 16 rings (SSSR count). The van der Waals surface area contributed by atoms with Crippen molar-refractivity contribution in [3.8, 4) is 0 Å². The molecule has 8 N–H and O–H groups in total. The lowest BCUT2D eigenvalue weighted by atomic mass is 9.92. The van der Waals surface area contributed by atoms with Crippen LogP contribution in [0.3, 0.4) is 0 Å². The quantitative estimate of drug-likeness (QED) is 0.0272. The molecule has 0 radical (unpaired) electrons. The van der Waals surface area contributed by atoms with E-state index >= 15 is 0 Å². The van der Waals surface area contributed by atoms with Crippen LogP contribution in [0.25, 0.3) is 0 Å². The van der Waals surface area contributed by atoms with Gasteiger partial charge in [0.25, 0.3) is 0 Å². The topological polar surface area (TPSA) is 282 Å². The Morgan fingerprint density at radius 1 is 0.286 bits per heavy atom. The number of anilines is 8. The Morgan fingerprint density at radius 2 is 0.500 bits per heavy atom. The second kappa shape index (κ2) is 56.3. The molecule has 12 aromatic carbocycles. The van der Waals surface area contributed by atoms with Crippen LogP contribution in [0.4, 0.5) is 45.5 Å². The highest BCUT2D eigenvalue weighted by atomic mass is 35.5. The van der Waals surface area contributed by atoms with Crippen LogP contribution in [0.5, 0.6) is 0 Å². The van der Waals surface area contributed by atoms with E-state index in [-0.39, 0.29) is 52.7 Å². The van der Waals surface area contributed by atoms with Gasteiger partial charge in [-0.2, -0.15) is 0 Å². The number of unbranched alkanes of at least 4 members (excludes halogenated alkanes) is 2. The standard InChI is InChI=1S/C28H28ClN3O2.2C27H26ClN3O2.C26H24ClN3O2.4C2H6/c1-28(2,3)17-25(33)30-21-12-9-19(10-13-21)26-22-16-20(29)11-14-23(22)32-27(34)24(31-26)15-18-7-5-4-6-8-18;2*1-2-3-9-25(32)29-21-13-10-19(11-14-21)26-22-17-20(28)12-15-23(22)31-27(33)24(30-26)16-18-7-5-4-6-8-18;1-2-6-24(31)28-20-12-9-18(10-13-20)25-21-16-19(27)11-14-22(21)30-26(32)23(29-25)15-17-7-4-3-5-8-17;4*1-2/h4-14,16,24H,15,17H2,1-3H3,(H,30,33)(H,32,34);2*4-8,10-15,17,24H,2-3,9,16H2,1H3,(H,29,32)(H,31,33);3-5,7-14,16,23H,2,6,15H2,1H3,(H,28,31)(H,30,32);4*1-2H3. The van der Waals surface area contributed by atoms with Crippen LogP contribution in [0.15, 0.2) is 311 Å². The molecule has 4 unspecified atom stereocenters. The zero-order valence-electron chi connectivity index (χ0n) is 82.3. The van der Waals surface area contributed by atoms with Crippen LogP contribution >= 0.6 is 46.4 Å². The summed E-state index contributed by atoms with van der Waals surface area (Å²) in [5.74, 6) is -0.653. The maximum absolute atomic E-state index is 13.0. The van der Waals surface area contributed by atoms with Crippen molar-refractivity contribution in [3.63, 3.8) is 0 Å². The smallest absolute Gasteiger partial charge is 0.249 e. The third kappa shape index (κ3) is 33.2. The van der Waals surface area contributed by atoms with E-state index in [1.807, 2.05) is 326 Å². The normalized spacial score (nSPS) is 14.6. The van der Waals surface area contributed by atoms with Gasteiger partial charge in [0.15, 0.2) is 0 Å². The highest BCUT2D eigenvalue weighted by Crippen LogP contribution is 2.36. The van der Waals surface area contributed by atoms with E-state index in [0.29, 0.717) is 123 Å². The van der Waals surface area contributed by atoms with E-state index in [0.717, 1.165) is 116 Å². The number of amides is 8. The van der Waals surface area contributed by atoms with Gasteiger partial charge < -0.3 is 42.5 Å². The maximum Gasteiger partial charge on any atom is 0.249 e. The second-order valence-corrected chi connectivity index (χ2v) is 35.4. The number of benzene rings is 12. The van der Waals surface area contributed by atoms with Crippen LogP contribution in [0, 0.1) is 5.41 Å². The Labute approximate surface area is 845 Å². The second-order valence-electron chi connectivity index (χ2n) is 33.6. The van der Waals surface area contributed by atoms with Crippen LogP contribution in [0.2, 0.25) is 20.1 Å². The molecule has 0 bridgehead atoms. The van der Waals surface area contributed by atoms with Gasteiger partial charge in [-0.05, 0) is 168 Å². The van der Waals surface area contributed by atoms with Crippen LogP contribution in [-0.2, 0) is 64.0 Å². The number of hydrogen-bond donors (Lipinski definition) is 8. The van der Waals surface area contributed by atoms with Gasteiger partial charge in [0, 0.05) is 139 Å². The lowest BCUT2D eigenvalue weighted by Gasteiger charge is -2.17. The molecule has 0 spiro atoms. The predicted molar refractivity (Wildman–Crippen MR) is 582 cm³/mol. The number of nitrogens with one attached hydrogen (secondary N) is 8. The molecule has 0 saturated carbocycles. The van der Waals surface area contributed by atoms with Gasteiger partial charge in [-0.25, -0.2) is 0 Å². The third-order valence-corrected chi connectivity index (χ3v) is 22.8. The first kappa shape index (κ1) is 110. The first-order chi connectivity index (χ1) is 67.8. The zero-order chi connectivity index (χ0) is 101. The van der Waals surface area contributed by atoms with Gasteiger partial charge in [-0.1, -0.05) is 326 Å². The number of halogens is 4. The minimum absolute atomic E-state index is 0.00579. The minimum Gasteiger partial charge on any atom is -0.326 e. The summed E-state index contributed by atoms with van der Waals surface area (Å²) in [4.78, 5) is 120. The van der Waals surface area contributed by atoms with Gasteiger partial charge in [0.1, 0.15) is 24.2 Å². The molecule has 20 nitrogen and oxygen atoms in total. The molecule has 24 heteroatoms. The van der Waals surface area contributed by atoms with Crippen LogP contribution in [0.1, 0.15) is 221 Å². The summed E-state index contributed by atoms with van der Waals surface area (Å²) in [7, 11) is 0. The van der Waals surface area contributed by atoms with Crippen molar-refractivity contribution in [1.29, 1.82) is 0 Å². The van der Waals surface area contributed by atoms with Crippen molar-refractivity contribution in [2.75, 3.05) is 42.5 Å². The molecule has 4 aliphatic rings. The lowest BCUT2D eigenvalue weighted by molar-refractivity contribution is -0.118. The van der Waals surface area contributed by atoms with Crippen molar-refractivity contribution in [2.45, 2.75) is 205 Å². The molecule has 4 aliphatic heterocycles. The van der Waals surface area contributed by atoms with Crippen molar-refractivity contribution < 1.29 is 38.4 Å². The molecule has 0 aromatic heterocycles. The number of carbonyl (C=O) groups is 8. The molecular formula is C116H128Cl4N12O8. The lowest BCUT2D eigenvalue weighted by Crippen LogP contribution is -2.27. The van der Waals surface area contributed by atoms with E-state index in [2.05, 4.69) is 56.4 Å². The molecule has 4 atom stereocenters. The third-order valence-electron chi connectivity index (χ3n) is 21.9. The fraction of sp³-hybridized carbons (Fsp3) is 0.276. The number of benzodiazepines with no additional fused rings is 4. The van der Waals surface area contributed by atoms with Gasteiger partial charge in [0.05, 0.1) is 45.6 Å². The molecule has 0 aliphatic carbocycles. The Kier molecular flexibility index (Phi) is 44.2. The summed E-state index contributed by atoms with van der Waals surface area (Å²) >= 11 is 25.2. The molecular weight excluding hydrogens is 1830 g/mol. The maximum atomic E-state index is 13.0. The summed E-state index contributed by atoms with van der Waals surface area (Å²) in [6, 6.07) is 88.7. The molecule has 140 heavy (non-hydrogen) atoms.